The molecule has 0 aliphatic carbocycles. The summed E-state index contributed by atoms with van der Waals surface area (Å²) in [5, 5.41) is 80.5. The average molecular weight is 564 g/mol. The Kier molecular flexibility index (Phi) is 7.60. The van der Waals surface area contributed by atoms with Crippen molar-refractivity contribution in [2.24, 2.45) is 0 Å². The summed E-state index contributed by atoms with van der Waals surface area (Å²) in [6.45, 7) is 1.06. The highest BCUT2D eigenvalue weighted by Gasteiger charge is 2.43. The van der Waals surface area contributed by atoms with Crippen LogP contribution in [0.4, 0.5) is 0 Å². The molecule has 216 valence electrons. The molecule has 0 unspecified atom stereocenters. The van der Waals surface area contributed by atoms with Gasteiger partial charge in [0.15, 0.2) is 5.76 Å². The van der Waals surface area contributed by atoms with Gasteiger partial charge in [-0.1, -0.05) is 0 Å². The molecule has 2 fully saturated rings. The zero-order valence-corrected chi connectivity index (χ0v) is 20.9. The molecule has 5 rings (SSSR count). The van der Waals surface area contributed by atoms with Crippen molar-refractivity contribution >= 4 is 11.0 Å². The molecule has 0 saturated carbocycles. The molecule has 0 amide bonds. The molecule has 0 bridgehead atoms. The predicted octanol–water partition coefficient (Wildman–Crippen LogP) is -1.10. The van der Waals surface area contributed by atoms with Crippen LogP contribution >= 0.6 is 0 Å². The number of fused-ring (bicyclic) bond motifs is 1. The minimum absolute atomic E-state index is 0.0848. The monoisotopic (exact) mass is 564 g/mol. The highest BCUT2D eigenvalue weighted by atomic mass is 16.7. The third-order valence-electron chi connectivity index (χ3n) is 6.78. The number of phenolic OH excluding ortho intramolecular Hbond substituents is 2. The van der Waals surface area contributed by atoms with E-state index in [9.17, 15) is 45.6 Å². The van der Waals surface area contributed by atoms with Crippen LogP contribution < -0.4 is 14.9 Å². The van der Waals surface area contributed by atoms with E-state index in [0.717, 1.165) is 6.07 Å². The first kappa shape index (κ1) is 28.1. The topological polar surface area (TPSA) is 229 Å². The minimum Gasteiger partial charge on any atom is -0.508 e. The molecule has 1 aromatic heterocycles. The molecule has 2 aromatic carbocycles. The molecule has 0 radical (unpaired) electrons. The molecule has 14 heteroatoms. The lowest BCUT2D eigenvalue weighted by Gasteiger charge is -2.38. The molecule has 2 aliphatic rings. The van der Waals surface area contributed by atoms with Crippen molar-refractivity contribution in [3.05, 3.63) is 46.6 Å². The van der Waals surface area contributed by atoms with Crippen LogP contribution in [0.25, 0.3) is 22.3 Å². The number of ether oxygens (including phenoxy) is 4. The summed E-state index contributed by atoms with van der Waals surface area (Å²) in [6.07, 6.45) is -13.3. The Balaban J connectivity index is 1.58. The second-order valence-corrected chi connectivity index (χ2v) is 9.62. The van der Waals surface area contributed by atoms with Gasteiger partial charge in [0.2, 0.25) is 23.8 Å². The maximum Gasteiger partial charge on any atom is 0.239 e. The van der Waals surface area contributed by atoms with Gasteiger partial charge in [0.05, 0.1) is 12.7 Å². The van der Waals surface area contributed by atoms with E-state index in [-0.39, 0.29) is 33.8 Å². The van der Waals surface area contributed by atoms with E-state index in [2.05, 4.69) is 0 Å². The van der Waals surface area contributed by atoms with Gasteiger partial charge in [-0.05, 0) is 31.2 Å². The minimum atomic E-state index is -1.74. The van der Waals surface area contributed by atoms with Crippen LogP contribution in [-0.4, -0.2) is 103 Å². The van der Waals surface area contributed by atoms with Gasteiger partial charge in [0, 0.05) is 17.7 Å². The van der Waals surface area contributed by atoms with Gasteiger partial charge >= 0.3 is 0 Å². The Morgan fingerprint density at radius 1 is 0.825 bits per heavy atom. The van der Waals surface area contributed by atoms with Gasteiger partial charge in [0.1, 0.15) is 64.8 Å². The normalized spacial score (nSPS) is 32.6. The van der Waals surface area contributed by atoms with Crippen LogP contribution in [0.5, 0.6) is 23.0 Å². The Labute approximate surface area is 225 Å². The second-order valence-electron chi connectivity index (χ2n) is 9.62. The first-order chi connectivity index (χ1) is 19.0. The van der Waals surface area contributed by atoms with E-state index in [4.69, 9.17) is 23.4 Å². The Morgan fingerprint density at radius 2 is 1.50 bits per heavy atom. The SMILES string of the molecule is C[C@@H]1O[C@@H](Oc2cc(O)c3c(=O)c(O[C@@H]4OC[C@@H](O)[C@H](O)[C@H]4O)c(-c4ccc(O)cc4)oc3c2)[C@H](O)[C@H](O)[C@H]1O. The molecule has 2 aliphatic heterocycles. The standard InChI is InChI=1S/C26H28O14/c1-9-17(30)20(33)22(35)26(37-9)38-12-6-13(28)16-15(7-12)39-23(10-2-4-11(27)5-3-10)24(19(16)32)40-25-21(34)18(31)14(29)8-36-25/h2-7,9,14,17-18,20-22,25-31,33-35H,8H2,1H3/t9-,14+,17-,18-,20+,21+,22+,25-,26-/m0/s1. The summed E-state index contributed by atoms with van der Waals surface area (Å²) in [4.78, 5) is 13.6. The molecule has 8 N–H and O–H groups in total. The van der Waals surface area contributed by atoms with E-state index in [1.165, 1.54) is 37.3 Å². The highest BCUT2D eigenvalue weighted by Crippen LogP contribution is 2.38. The van der Waals surface area contributed by atoms with Crippen LogP contribution in [-0.2, 0) is 9.47 Å². The molecule has 3 heterocycles. The first-order valence-corrected chi connectivity index (χ1v) is 12.3. The fourth-order valence-corrected chi connectivity index (χ4v) is 4.48. The van der Waals surface area contributed by atoms with Crippen LogP contribution in [0, 0.1) is 0 Å². The lowest BCUT2D eigenvalue weighted by Crippen LogP contribution is -2.58. The predicted molar refractivity (Wildman–Crippen MR) is 133 cm³/mol. The fraction of sp³-hybridized carbons (Fsp3) is 0.423. The number of aromatic hydroxyl groups is 2. The number of hydrogen-bond acceptors (Lipinski definition) is 14. The summed E-state index contributed by atoms with van der Waals surface area (Å²) in [5.41, 5.74) is -0.860. The third kappa shape index (κ3) is 5.07. The molecular formula is C26H28O14. The number of aliphatic hydroxyl groups is 6. The van der Waals surface area contributed by atoms with Crippen molar-refractivity contribution in [2.45, 2.75) is 62.2 Å². The summed E-state index contributed by atoms with van der Waals surface area (Å²) in [7, 11) is 0. The quantitative estimate of drug-likeness (QED) is 0.184. The van der Waals surface area contributed by atoms with Crippen molar-refractivity contribution < 1.29 is 64.2 Å². The van der Waals surface area contributed by atoms with E-state index >= 15 is 0 Å². The van der Waals surface area contributed by atoms with E-state index in [0.29, 0.717) is 0 Å². The lowest BCUT2D eigenvalue weighted by molar-refractivity contribution is -0.268. The van der Waals surface area contributed by atoms with Gasteiger partial charge in [0.25, 0.3) is 0 Å². The number of rotatable bonds is 5. The van der Waals surface area contributed by atoms with Gasteiger partial charge < -0.3 is 64.2 Å². The molecule has 40 heavy (non-hydrogen) atoms. The average Bonchev–Trinajstić information content (AvgIpc) is 2.92. The zero-order chi connectivity index (χ0) is 28.9. The summed E-state index contributed by atoms with van der Waals surface area (Å²) < 4.78 is 27.9. The zero-order valence-electron chi connectivity index (χ0n) is 20.9. The van der Waals surface area contributed by atoms with E-state index in [1.807, 2.05) is 0 Å². The molecular weight excluding hydrogens is 536 g/mol. The number of aliphatic hydroxyl groups excluding tert-OH is 6. The highest BCUT2D eigenvalue weighted by molar-refractivity contribution is 5.88. The van der Waals surface area contributed by atoms with Crippen LogP contribution in [0.3, 0.4) is 0 Å². The fourth-order valence-electron chi connectivity index (χ4n) is 4.48. The maximum atomic E-state index is 13.6. The number of phenols is 2. The van der Waals surface area contributed by atoms with Crippen molar-refractivity contribution in [1.82, 2.24) is 0 Å². The van der Waals surface area contributed by atoms with Crippen molar-refractivity contribution in [3.8, 4) is 34.3 Å². The Morgan fingerprint density at radius 3 is 2.20 bits per heavy atom. The first-order valence-electron chi connectivity index (χ1n) is 12.3. The molecule has 9 atom stereocenters. The van der Waals surface area contributed by atoms with Gasteiger partial charge in [-0.25, -0.2) is 0 Å². The second kappa shape index (κ2) is 10.8. The largest absolute Gasteiger partial charge is 0.508 e. The summed E-state index contributed by atoms with van der Waals surface area (Å²) >= 11 is 0. The lowest BCUT2D eigenvalue weighted by atomic mass is 10.00. The maximum absolute atomic E-state index is 13.6. The third-order valence-corrected chi connectivity index (χ3v) is 6.78. The van der Waals surface area contributed by atoms with Gasteiger partial charge in [-0.2, -0.15) is 0 Å². The van der Waals surface area contributed by atoms with Crippen molar-refractivity contribution in [2.75, 3.05) is 6.61 Å². The number of hydrogen-bond donors (Lipinski definition) is 8. The van der Waals surface area contributed by atoms with Gasteiger partial charge in [-0.3, -0.25) is 4.79 Å². The van der Waals surface area contributed by atoms with Crippen LogP contribution in [0.15, 0.2) is 45.6 Å². The Bertz CT molecular complexity index is 1420. The molecule has 0 spiro atoms. The molecule has 14 nitrogen and oxygen atoms in total. The van der Waals surface area contributed by atoms with E-state index in [1.54, 1.807) is 0 Å². The Hall–Kier alpha value is -3.47. The molecule has 3 aromatic rings. The van der Waals surface area contributed by atoms with Gasteiger partial charge in [-0.15, -0.1) is 0 Å². The van der Waals surface area contributed by atoms with Crippen molar-refractivity contribution in [3.63, 3.8) is 0 Å². The van der Waals surface area contributed by atoms with Crippen LogP contribution in [0.2, 0.25) is 0 Å². The summed E-state index contributed by atoms with van der Waals surface area (Å²) in [5.74, 6) is -1.54. The van der Waals surface area contributed by atoms with Crippen LogP contribution in [0.1, 0.15) is 6.92 Å². The smallest absolute Gasteiger partial charge is 0.239 e. The summed E-state index contributed by atoms with van der Waals surface area (Å²) in [6, 6.07) is 7.69. The number of benzene rings is 2. The molecule has 2 saturated heterocycles. The van der Waals surface area contributed by atoms with E-state index < -0.39 is 78.8 Å². The van der Waals surface area contributed by atoms with Crippen molar-refractivity contribution in [1.29, 1.82) is 0 Å².